The first-order valence-corrected chi connectivity index (χ1v) is 10.3. The molecule has 0 saturated heterocycles. The summed E-state index contributed by atoms with van der Waals surface area (Å²) in [7, 11) is 0. The fourth-order valence-electron chi connectivity index (χ4n) is 6.30. The maximum Gasteiger partial charge on any atom is 0.309 e. The van der Waals surface area contributed by atoms with Gasteiger partial charge in [0, 0.05) is 0 Å². The van der Waals surface area contributed by atoms with Crippen LogP contribution in [0.1, 0.15) is 32.1 Å². The molecule has 152 valence electrons. The van der Waals surface area contributed by atoms with Crippen molar-refractivity contribution >= 4 is 28.9 Å². The van der Waals surface area contributed by atoms with E-state index in [9.17, 15) is 19.8 Å². The molecule has 0 radical (unpaired) electrons. The smallest absolute Gasteiger partial charge is 0.309 e. The van der Waals surface area contributed by atoms with Crippen LogP contribution in [0.5, 0.6) is 5.75 Å². The molecule has 8 heteroatoms. The third-order valence-corrected chi connectivity index (χ3v) is 7.42. The molecule has 4 bridgehead atoms. The van der Waals surface area contributed by atoms with Gasteiger partial charge in [-0.05, 0) is 62.0 Å². The number of phenols is 1. The Hall–Kier alpha value is -2.54. The van der Waals surface area contributed by atoms with Crippen LogP contribution in [0, 0.1) is 23.7 Å². The Morgan fingerprint density at radius 1 is 1.17 bits per heavy atom. The van der Waals surface area contributed by atoms with Gasteiger partial charge in [0.1, 0.15) is 10.8 Å². The summed E-state index contributed by atoms with van der Waals surface area (Å²) < 4.78 is 1.36. The molecule has 4 aliphatic carbocycles. The van der Waals surface area contributed by atoms with E-state index < -0.39 is 23.0 Å². The molecule has 6 rings (SSSR count). The number of carboxylic acid groups (broad SMARTS) is 1. The topological polar surface area (TPSA) is 104 Å². The number of hydrogen-bond acceptors (Lipinski definition) is 5. The molecule has 4 fully saturated rings. The zero-order valence-electron chi connectivity index (χ0n) is 15.7. The molecule has 3 atom stereocenters. The van der Waals surface area contributed by atoms with E-state index in [0.717, 1.165) is 19.3 Å². The number of aromatic nitrogens is 2. The molecule has 7 nitrogen and oxygen atoms in total. The molecular weight excluding hydrogens is 394 g/mol. The average molecular weight is 416 g/mol. The first kappa shape index (κ1) is 18.5. The molecule has 0 unspecified atom stereocenters. The van der Waals surface area contributed by atoms with Gasteiger partial charge >= 0.3 is 5.97 Å². The summed E-state index contributed by atoms with van der Waals surface area (Å²) in [6, 6.07) is 6.63. The van der Waals surface area contributed by atoms with Gasteiger partial charge in [-0.25, -0.2) is 4.68 Å². The van der Waals surface area contributed by atoms with Crippen molar-refractivity contribution in [2.75, 3.05) is 5.32 Å². The van der Waals surface area contributed by atoms with E-state index in [2.05, 4.69) is 10.4 Å². The minimum absolute atomic E-state index is 0.0276. The minimum atomic E-state index is -0.852. The summed E-state index contributed by atoms with van der Waals surface area (Å²) in [5.41, 5.74) is -0.604. The molecule has 3 N–H and O–H groups in total. The van der Waals surface area contributed by atoms with Crippen LogP contribution in [-0.2, 0) is 10.3 Å². The normalized spacial score (nSPS) is 32.3. The second kappa shape index (κ2) is 6.49. The maximum absolute atomic E-state index is 13.2. The highest BCUT2D eigenvalue weighted by Gasteiger charge is 2.61. The van der Waals surface area contributed by atoms with Crippen molar-refractivity contribution in [1.82, 2.24) is 9.78 Å². The number of rotatable bonds is 4. The molecule has 4 aliphatic rings. The molecular formula is C21H22ClN3O4. The van der Waals surface area contributed by atoms with Crippen molar-refractivity contribution in [3.8, 4) is 5.75 Å². The average Bonchev–Trinajstić information content (AvgIpc) is 2.66. The van der Waals surface area contributed by atoms with Gasteiger partial charge in [-0.15, -0.1) is 0 Å². The van der Waals surface area contributed by atoms with Gasteiger partial charge in [-0.1, -0.05) is 23.7 Å². The highest BCUT2D eigenvalue weighted by molar-refractivity contribution is 6.33. The Bertz CT molecular complexity index is 1040. The monoisotopic (exact) mass is 415 g/mol. The molecule has 1 aromatic heterocycles. The number of aromatic hydroxyl groups is 1. The van der Waals surface area contributed by atoms with Crippen molar-refractivity contribution in [1.29, 1.82) is 0 Å². The summed E-state index contributed by atoms with van der Waals surface area (Å²) in [4.78, 5) is 25.4. The lowest BCUT2D eigenvalue weighted by molar-refractivity contribution is -0.168. The van der Waals surface area contributed by atoms with Crippen molar-refractivity contribution in [2.45, 2.75) is 37.6 Å². The van der Waals surface area contributed by atoms with Crippen LogP contribution in [0.2, 0.25) is 5.02 Å². The summed E-state index contributed by atoms with van der Waals surface area (Å²) in [5, 5.41) is 27.2. The van der Waals surface area contributed by atoms with Crippen molar-refractivity contribution in [3.63, 3.8) is 0 Å². The van der Waals surface area contributed by atoms with Crippen LogP contribution in [0.3, 0.4) is 0 Å². The van der Waals surface area contributed by atoms with E-state index in [4.69, 9.17) is 11.6 Å². The SMILES string of the molecule is O=C(O)[C@H]1C2C[C@@H]3C[C@@H](C2)CC1(n1ncc(Nc2ccccc2O)c(Cl)c1=O)C3. The third-order valence-electron chi connectivity index (χ3n) is 7.05. The summed E-state index contributed by atoms with van der Waals surface area (Å²) in [5.74, 6) is -0.474. The predicted octanol–water partition coefficient (Wildman–Crippen LogP) is 3.58. The summed E-state index contributed by atoms with van der Waals surface area (Å²) >= 11 is 6.40. The van der Waals surface area contributed by atoms with Gasteiger partial charge in [0.05, 0.1) is 29.0 Å². The lowest BCUT2D eigenvalue weighted by Gasteiger charge is -2.59. The highest BCUT2D eigenvalue weighted by atomic mass is 35.5. The number of hydrogen-bond donors (Lipinski definition) is 3. The largest absolute Gasteiger partial charge is 0.506 e. The second-order valence-corrected chi connectivity index (χ2v) is 9.14. The van der Waals surface area contributed by atoms with E-state index in [1.54, 1.807) is 18.2 Å². The standard InChI is InChI=1S/C21H22ClN3O4/c22-18-15(24-14-3-1-2-4-16(14)26)10-23-25(19(18)27)21-8-11-5-12(9-21)7-13(6-11)17(21)20(28)29/h1-4,10-13,17,24,26H,5-9H2,(H,28,29)/t11-,12-,13?,17+,21?/m0/s1. The summed E-state index contributed by atoms with van der Waals surface area (Å²) in [6.07, 6.45) is 5.72. The van der Waals surface area contributed by atoms with E-state index in [1.165, 1.54) is 16.9 Å². The number of carbonyl (C=O) groups is 1. The Morgan fingerprint density at radius 2 is 1.86 bits per heavy atom. The Morgan fingerprint density at radius 3 is 2.52 bits per heavy atom. The number of nitrogens with one attached hydrogen (secondary N) is 1. The first-order valence-electron chi connectivity index (χ1n) is 9.95. The fraction of sp³-hybridized carbons (Fsp3) is 0.476. The fourth-order valence-corrected chi connectivity index (χ4v) is 6.47. The third kappa shape index (κ3) is 2.74. The molecule has 0 amide bonds. The number of nitrogens with zero attached hydrogens (tertiary/aromatic N) is 2. The summed E-state index contributed by atoms with van der Waals surface area (Å²) in [6.45, 7) is 0. The Kier molecular flexibility index (Phi) is 4.13. The second-order valence-electron chi connectivity index (χ2n) is 8.76. The maximum atomic E-state index is 13.2. The van der Waals surface area contributed by atoms with Crippen LogP contribution < -0.4 is 10.9 Å². The van der Waals surface area contributed by atoms with Crippen molar-refractivity contribution < 1.29 is 15.0 Å². The lowest BCUT2D eigenvalue weighted by Crippen LogP contribution is -2.63. The number of carboxylic acids is 1. The number of para-hydroxylation sites is 2. The van der Waals surface area contributed by atoms with Crippen LogP contribution in [0.15, 0.2) is 35.3 Å². The molecule has 0 spiro atoms. The van der Waals surface area contributed by atoms with Gasteiger partial charge in [0.2, 0.25) is 0 Å². The van der Waals surface area contributed by atoms with Gasteiger partial charge in [0.25, 0.3) is 5.56 Å². The molecule has 29 heavy (non-hydrogen) atoms. The van der Waals surface area contributed by atoms with E-state index >= 15 is 0 Å². The molecule has 4 saturated carbocycles. The zero-order chi connectivity index (χ0) is 20.3. The van der Waals surface area contributed by atoms with Gasteiger partial charge in [-0.2, -0.15) is 5.10 Å². The molecule has 2 aromatic rings. The van der Waals surface area contributed by atoms with Gasteiger partial charge < -0.3 is 15.5 Å². The van der Waals surface area contributed by atoms with Crippen molar-refractivity contribution in [3.05, 3.63) is 45.8 Å². The molecule has 1 aromatic carbocycles. The zero-order valence-corrected chi connectivity index (χ0v) is 16.5. The molecule has 1 heterocycles. The number of aliphatic carboxylic acids is 1. The number of anilines is 2. The molecule has 0 aliphatic heterocycles. The van der Waals surface area contributed by atoms with Gasteiger partial charge in [-0.3, -0.25) is 9.59 Å². The lowest BCUT2D eigenvalue weighted by atomic mass is 9.48. The predicted molar refractivity (Wildman–Crippen MR) is 108 cm³/mol. The van der Waals surface area contributed by atoms with Crippen LogP contribution in [0.25, 0.3) is 0 Å². The van der Waals surface area contributed by atoms with Crippen molar-refractivity contribution in [2.24, 2.45) is 23.7 Å². The quantitative estimate of drug-likeness (QED) is 0.659. The van der Waals surface area contributed by atoms with Gasteiger partial charge in [0.15, 0.2) is 0 Å². The Balaban J connectivity index is 1.58. The minimum Gasteiger partial charge on any atom is -0.506 e. The van der Waals surface area contributed by atoms with Crippen LogP contribution >= 0.6 is 11.6 Å². The van der Waals surface area contributed by atoms with Crippen LogP contribution in [-0.4, -0.2) is 26.0 Å². The Labute approximate surface area is 172 Å². The van der Waals surface area contributed by atoms with Crippen LogP contribution in [0.4, 0.5) is 11.4 Å². The van der Waals surface area contributed by atoms with E-state index in [0.29, 0.717) is 30.4 Å². The number of benzene rings is 1. The highest BCUT2D eigenvalue weighted by Crippen LogP contribution is 2.61. The van der Waals surface area contributed by atoms with E-state index in [-0.39, 0.29) is 22.4 Å². The first-order chi connectivity index (χ1) is 13.9. The number of halogens is 1. The number of phenolic OH excluding ortho intramolecular Hbond substituents is 1. The van der Waals surface area contributed by atoms with E-state index in [1.807, 2.05) is 0 Å².